The molecule has 11 heteroatoms. The summed E-state index contributed by atoms with van der Waals surface area (Å²) in [5.41, 5.74) is 1.71. The maximum atomic E-state index is 14.4. The Morgan fingerprint density at radius 3 is 2.41 bits per heavy atom. The molecular formula is C33H44N4O6S. The number of likely N-dealkylation sites (tertiary alicyclic amines) is 1. The third kappa shape index (κ3) is 7.61. The zero-order valence-electron chi connectivity index (χ0n) is 26.3. The van der Waals surface area contributed by atoms with Gasteiger partial charge in [0.2, 0.25) is 11.8 Å². The number of amides is 3. The molecule has 1 saturated heterocycles. The lowest BCUT2D eigenvalue weighted by Gasteiger charge is -2.35. The summed E-state index contributed by atoms with van der Waals surface area (Å²) in [5.74, 6) is -0.976. The van der Waals surface area contributed by atoms with Gasteiger partial charge >= 0.3 is 6.09 Å². The minimum Gasteiger partial charge on any atom is -0.444 e. The van der Waals surface area contributed by atoms with Crippen LogP contribution in [0.15, 0.2) is 59.6 Å². The van der Waals surface area contributed by atoms with Crippen LogP contribution in [0.5, 0.6) is 0 Å². The number of ether oxygens (including phenoxy) is 1. The molecule has 4 rings (SSSR count). The summed E-state index contributed by atoms with van der Waals surface area (Å²) in [4.78, 5) is 44.0. The van der Waals surface area contributed by atoms with Crippen molar-refractivity contribution in [1.29, 1.82) is 0 Å². The fraction of sp³-hybridized carbons (Fsp3) is 0.485. The van der Waals surface area contributed by atoms with E-state index in [2.05, 4.69) is 15.6 Å². The average Bonchev–Trinajstić information content (AvgIpc) is 3.59. The van der Waals surface area contributed by atoms with Crippen molar-refractivity contribution in [2.75, 3.05) is 13.1 Å². The van der Waals surface area contributed by atoms with E-state index in [-0.39, 0.29) is 29.7 Å². The third-order valence-electron chi connectivity index (χ3n) is 7.81. The van der Waals surface area contributed by atoms with Crippen molar-refractivity contribution in [2.45, 2.75) is 88.6 Å². The number of rotatable bonds is 10. The van der Waals surface area contributed by atoms with E-state index in [1.54, 1.807) is 56.1 Å². The van der Waals surface area contributed by atoms with Gasteiger partial charge in [-0.25, -0.2) is 13.2 Å². The van der Waals surface area contributed by atoms with Crippen molar-refractivity contribution in [1.82, 2.24) is 20.5 Å². The summed E-state index contributed by atoms with van der Waals surface area (Å²) in [6.45, 7) is 11.3. The van der Waals surface area contributed by atoms with Crippen molar-refractivity contribution < 1.29 is 27.5 Å². The first-order chi connectivity index (χ1) is 20.7. The van der Waals surface area contributed by atoms with Gasteiger partial charge < -0.3 is 25.3 Å². The molecule has 3 N–H and O–H groups in total. The number of hydrogen-bond acceptors (Lipinski definition) is 6. The van der Waals surface area contributed by atoms with Gasteiger partial charge in [0.15, 0.2) is 9.84 Å². The van der Waals surface area contributed by atoms with Crippen molar-refractivity contribution in [3.63, 3.8) is 0 Å². The Labute approximate surface area is 259 Å². The van der Waals surface area contributed by atoms with Crippen LogP contribution in [-0.4, -0.2) is 67.0 Å². The van der Waals surface area contributed by atoms with Crippen LogP contribution in [0.3, 0.4) is 0 Å². The number of nitrogens with zero attached hydrogens (tertiary/aromatic N) is 1. The molecule has 0 saturated carbocycles. The average molecular weight is 625 g/mol. The number of fused-ring (bicyclic) bond motifs is 1. The first-order valence-corrected chi connectivity index (χ1v) is 16.7. The number of benzene rings is 2. The Bertz CT molecular complexity index is 1590. The summed E-state index contributed by atoms with van der Waals surface area (Å²) in [7, 11) is -3.94. The lowest BCUT2D eigenvalue weighted by Crippen LogP contribution is -2.54. The second-order valence-electron chi connectivity index (χ2n) is 12.8. The van der Waals surface area contributed by atoms with Gasteiger partial charge in [0.25, 0.3) is 0 Å². The van der Waals surface area contributed by atoms with Crippen LogP contribution in [-0.2, 0) is 24.2 Å². The van der Waals surface area contributed by atoms with Gasteiger partial charge in [-0.2, -0.15) is 0 Å². The van der Waals surface area contributed by atoms with Crippen LogP contribution in [0, 0.1) is 12.8 Å². The molecule has 0 spiro atoms. The molecule has 1 aliphatic heterocycles. The van der Waals surface area contributed by atoms with Crippen molar-refractivity contribution in [3.05, 3.63) is 65.9 Å². The van der Waals surface area contributed by atoms with E-state index in [1.807, 2.05) is 45.0 Å². The quantitative estimate of drug-likeness (QED) is 0.289. The first kappa shape index (κ1) is 33.0. The smallest absolute Gasteiger partial charge is 0.407 e. The van der Waals surface area contributed by atoms with Gasteiger partial charge in [-0.3, -0.25) is 9.59 Å². The number of aromatic nitrogens is 1. The predicted molar refractivity (Wildman–Crippen MR) is 170 cm³/mol. The number of aromatic amines is 1. The number of hydrogen-bond donors (Lipinski definition) is 3. The summed E-state index contributed by atoms with van der Waals surface area (Å²) < 4.78 is 34.0. The van der Waals surface area contributed by atoms with E-state index in [0.717, 1.165) is 16.5 Å². The molecule has 238 valence electrons. The molecule has 1 fully saturated rings. The lowest BCUT2D eigenvalue weighted by atomic mass is 9.99. The molecule has 2 heterocycles. The molecule has 44 heavy (non-hydrogen) atoms. The van der Waals surface area contributed by atoms with Crippen LogP contribution in [0.1, 0.15) is 70.3 Å². The zero-order valence-corrected chi connectivity index (χ0v) is 27.2. The topological polar surface area (TPSA) is 138 Å². The Balaban J connectivity index is 1.60. The van der Waals surface area contributed by atoms with Gasteiger partial charge in [-0.05, 0) is 70.2 Å². The van der Waals surface area contributed by atoms with Crippen LogP contribution in [0.25, 0.3) is 10.9 Å². The number of carbonyl (C=O) groups excluding carboxylic acids is 3. The van der Waals surface area contributed by atoms with E-state index in [1.165, 1.54) is 0 Å². The lowest BCUT2D eigenvalue weighted by molar-refractivity contribution is -0.138. The van der Waals surface area contributed by atoms with Gasteiger partial charge in [0, 0.05) is 36.6 Å². The number of H-pyrrole nitrogens is 1. The first-order valence-electron chi connectivity index (χ1n) is 15.1. The predicted octanol–water partition coefficient (Wildman–Crippen LogP) is 5.04. The van der Waals surface area contributed by atoms with Crippen LogP contribution in [0.2, 0.25) is 0 Å². The van der Waals surface area contributed by atoms with E-state index < -0.39 is 44.8 Å². The highest BCUT2D eigenvalue weighted by Gasteiger charge is 2.45. The molecule has 1 aliphatic rings. The minimum absolute atomic E-state index is 0.0427. The minimum atomic E-state index is -3.94. The van der Waals surface area contributed by atoms with Crippen LogP contribution in [0.4, 0.5) is 4.79 Å². The number of alkyl carbamates (subject to hydrolysis) is 1. The summed E-state index contributed by atoms with van der Waals surface area (Å²) in [6, 6.07) is 12.8. The van der Waals surface area contributed by atoms with Crippen LogP contribution < -0.4 is 10.6 Å². The fourth-order valence-electron chi connectivity index (χ4n) is 5.70. The third-order valence-corrected chi connectivity index (χ3v) is 9.98. The Morgan fingerprint density at radius 2 is 1.75 bits per heavy atom. The fourth-order valence-corrected chi connectivity index (χ4v) is 7.73. The van der Waals surface area contributed by atoms with E-state index >= 15 is 0 Å². The second-order valence-corrected chi connectivity index (χ2v) is 14.8. The Morgan fingerprint density at radius 1 is 1.07 bits per heavy atom. The van der Waals surface area contributed by atoms with Gasteiger partial charge in [-0.1, -0.05) is 49.7 Å². The molecule has 3 amide bonds. The maximum Gasteiger partial charge on any atom is 0.407 e. The van der Waals surface area contributed by atoms with E-state index in [0.29, 0.717) is 24.9 Å². The van der Waals surface area contributed by atoms with E-state index in [4.69, 9.17) is 4.74 Å². The molecule has 3 atom stereocenters. The molecular weight excluding hydrogens is 580 g/mol. The van der Waals surface area contributed by atoms with Gasteiger partial charge in [0.05, 0.1) is 10.9 Å². The SMILES string of the molecule is Cc1ccc(S(=O)(=O)C(c2c[nH]c3ccccc23)[C@@H]2CCCN2C(=O)[C@@H](NC(=O)CCNC(=O)OC(C)(C)C)C(C)C)cc1. The highest BCUT2D eigenvalue weighted by molar-refractivity contribution is 7.91. The Hall–Kier alpha value is -3.86. The standard InChI is InChI=1S/C33H44N4O6S/c1-21(2)29(36-28(38)17-18-34-32(40)43-33(4,5)6)31(39)37-19-9-12-27(37)30(25-20-35-26-11-8-7-10-24(25)26)44(41,42)23-15-13-22(3)14-16-23/h7-8,10-11,13-16,20-21,27,29-30,35H,9,12,17-19H2,1-6H3,(H,34,40)(H,36,38)/t27-,29-,30?/m0/s1. The molecule has 1 aromatic heterocycles. The normalized spacial score (nSPS) is 17.0. The van der Waals surface area contributed by atoms with Gasteiger partial charge in [0.1, 0.15) is 16.9 Å². The molecule has 0 aliphatic carbocycles. The number of carbonyl (C=O) groups is 3. The highest BCUT2D eigenvalue weighted by atomic mass is 32.2. The highest BCUT2D eigenvalue weighted by Crippen LogP contribution is 2.42. The Kier molecular flexibility index (Phi) is 10.1. The molecule has 1 unspecified atom stereocenters. The number of nitrogens with one attached hydrogen (secondary N) is 3. The summed E-state index contributed by atoms with van der Waals surface area (Å²) in [5, 5.41) is 5.17. The summed E-state index contributed by atoms with van der Waals surface area (Å²) in [6.07, 6.45) is 2.21. The largest absolute Gasteiger partial charge is 0.444 e. The molecule has 3 aromatic rings. The van der Waals surface area contributed by atoms with Crippen LogP contribution >= 0.6 is 0 Å². The molecule has 0 bridgehead atoms. The molecule has 10 nitrogen and oxygen atoms in total. The summed E-state index contributed by atoms with van der Waals surface area (Å²) >= 11 is 0. The number of sulfone groups is 1. The van der Waals surface area contributed by atoms with Crippen molar-refractivity contribution in [3.8, 4) is 0 Å². The number of para-hydroxylation sites is 1. The monoisotopic (exact) mass is 624 g/mol. The molecule has 2 aromatic carbocycles. The van der Waals surface area contributed by atoms with Crippen molar-refractivity contribution >= 4 is 38.6 Å². The molecule has 0 radical (unpaired) electrons. The van der Waals surface area contributed by atoms with E-state index in [9.17, 15) is 22.8 Å². The van der Waals surface area contributed by atoms with Gasteiger partial charge in [-0.15, -0.1) is 0 Å². The maximum absolute atomic E-state index is 14.4. The van der Waals surface area contributed by atoms with Crippen molar-refractivity contribution in [2.24, 2.45) is 5.92 Å². The zero-order chi connectivity index (χ0) is 32.2. The number of aryl methyl sites for hydroxylation is 1. The second kappa shape index (κ2) is 13.4.